The average Bonchev–Trinajstić information content (AvgIpc) is 2.89. The van der Waals surface area contributed by atoms with E-state index >= 15 is 0 Å². The van der Waals surface area contributed by atoms with Crippen LogP contribution in [0.4, 0.5) is 4.79 Å². The van der Waals surface area contributed by atoms with E-state index in [1.165, 1.54) is 0 Å². The topological polar surface area (TPSA) is 32.8 Å². The summed E-state index contributed by atoms with van der Waals surface area (Å²) in [7, 11) is 2.09. The summed E-state index contributed by atoms with van der Waals surface area (Å²) in [6, 6.07) is 16.5. The van der Waals surface area contributed by atoms with Gasteiger partial charge in [0.1, 0.15) is 0 Å². The standard InChI is InChI=1S/C20H22N2O2/c1-14-13-21(2)11-12-22(14)20(23)24-19-17-9-5-3-7-15(17)16-8-4-6-10-18(16)19/h3-10,14,19H,11-13H2,1-2H3. The Balaban J connectivity index is 1.62. The van der Waals surface area contributed by atoms with Gasteiger partial charge in [-0.15, -0.1) is 0 Å². The van der Waals surface area contributed by atoms with Crippen molar-refractivity contribution in [2.45, 2.75) is 19.1 Å². The van der Waals surface area contributed by atoms with Gasteiger partial charge in [0.2, 0.25) is 0 Å². The Morgan fingerprint density at radius 1 is 1.00 bits per heavy atom. The monoisotopic (exact) mass is 322 g/mol. The molecule has 24 heavy (non-hydrogen) atoms. The van der Waals surface area contributed by atoms with Gasteiger partial charge in [0.25, 0.3) is 0 Å². The molecule has 2 aliphatic rings. The van der Waals surface area contributed by atoms with Gasteiger partial charge in [-0.3, -0.25) is 0 Å². The van der Waals surface area contributed by atoms with Crippen molar-refractivity contribution in [2.75, 3.05) is 26.7 Å². The summed E-state index contributed by atoms with van der Waals surface area (Å²) in [6.45, 7) is 4.56. The predicted molar refractivity (Wildman–Crippen MR) is 93.9 cm³/mol. The van der Waals surface area contributed by atoms with Crippen molar-refractivity contribution in [2.24, 2.45) is 0 Å². The number of likely N-dealkylation sites (N-methyl/N-ethyl adjacent to an activating group) is 1. The molecular formula is C20H22N2O2. The highest BCUT2D eigenvalue weighted by molar-refractivity contribution is 5.79. The number of fused-ring (bicyclic) bond motifs is 3. The molecule has 1 atom stereocenters. The van der Waals surface area contributed by atoms with Gasteiger partial charge >= 0.3 is 6.09 Å². The zero-order valence-electron chi connectivity index (χ0n) is 14.1. The Kier molecular flexibility index (Phi) is 3.77. The molecule has 4 rings (SSSR count). The van der Waals surface area contributed by atoms with E-state index in [1.807, 2.05) is 29.2 Å². The van der Waals surface area contributed by atoms with Crippen LogP contribution in [0.15, 0.2) is 48.5 Å². The summed E-state index contributed by atoms with van der Waals surface area (Å²) in [5.74, 6) is 0. The first kappa shape index (κ1) is 15.2. The number of benzene rings is 2. The van der Waals surface area contributed by atoms with E-state index in [-0.39, 0.29) is 18.2 Å². The minimum absolute atomic E-state index is 0.170. The van der Waals surface area contributed by atoms with Gasteiger partial charge in [0.15, 0.2) is 6.10 Å². The van der Waals surface area contributed by atoms with E-state index in [0.29, 0.717) is 6.54 Å². The van der Waals surface area contributed by atoms with Crippen molar-refractivity contribution < 1.29 is 9.53 Å². The molecule has 1 saturated heterocycles. The second-order valence-corrected chi connectivity index (χ2v) is 6.74. The molecule has 0 N–H and O–H groups in total. The average molecular weight is 322 g/mol. The number of hydrogen-bond acceptors (Lipinski definition) is 3. The van der Waals surface area contributed by atoms with Crippen molar-refractivity contribution in [3.05, 3.63) is 59.7 Å². The lowest BCUT2D eigenvalue weighted by molar-refractivity contribution is 0.0431. The molecule has 2 aromatic rings. The summed E-state index contributed by atoms with van der Waals surface area (Å²) in [6.07, 6.45) is -0.524. The Hall–Kier alpha value is -2.33. The summed E-state index contributed by atoms with van der Waals surface area (Å²) in [5, 5.41) is 0. The van der Waals surface area contributed by atoms with Gasteiger partial charge in [-0.1, -0.05) is 48.5 Å². The number of ether oxygens (including phenoxy) is 1. The smallest absolute Gasteiger partial charge is 0.411 e. The molecule has 0 spiro atoms. The van der Waals surface area contributed by atoms with Crippen LogP contribution >= 0.6 is 0 Å². The molecule has 1 unspecified atom stereocenters. The van der Waals surface area contributed by atoms with Crippen molar-refractivity contribution in [1.29, 1.82) is 0 Å². The first-order chi connectivity index (χ1) is 11.6. The number of nitrogens with zero attached hydrogens (tertiary/aromatic N) is 2. The summed E-state index contributed by atoms with van der Waals surface area (Å²) < 4.78 is 5.98. The van der Waals surface area contributed by atoms with Crippen LogP contribution in [0.1, 0.15) is 24.2 Å². The van der Waals surface area contributed by atoms with Gasteiger partial charge in [0, 0.05) is 36.8 Å². The molecule has 0 aromatic heterocycles. The first-order valence-electron chi connectivity index (χ1n) is 8.49. The lowest BCUT2D eigenvalue weighted by Crippen LogP contribution is -2.53. The number of amides is 1. The van der Waals surface area contributed by atoms with Crippen molar-refractivity contribution in [1.82, 2.24) is 9.80 Å². The first-order valence-corrected chi connectivity index (χ1v) is 8.49. The Labute approximate surface area is 142 Å². The second-order valence-electron chi connectivity index (χ2n) is 6.74. The molecule has 1 amide bonds. The van der Waals surface area contributed by atoms with Crippen LogP contribution in [0, 0.1) is 0 Å². The Morgan fingerprint density at radius 2 is 1.58 bits per heavy atom. The molecule has 1 fully saturated rings. The Morgan fingerprint density at radius 3 is 2.17 bits per heavy atom. The highest BCUT2D eigenvalue weighted by Crippen LogP contribution is 2.45. The molecule has 0 bridgehead atoms. The van der Waals surface area contributed by atoms with Crippen LogP contribution in [0.5, 0.6) is 0 Å². The van der Waals surface area contributed by atoms with E-state index in [2.05, 4.69) is 43.1 Å². The summed E-state index contributed by atoms with van der Waals surface area (Å²) in [5.41, 5.74) is 4.48. The zero-order chi connectivity index (χ0) is 16.7. The largest absolute Gasteiger partial charge is 0.436 e. The van der Waals surface area contributed by atoms with E-state index in [0.717, 1.165) is 35.3 Å². The van der Waals surface area contributed by atoms with Crippen molar-refractivity contribution in [3.63, 3.8) is 0 Å². The molecule has 1 heterocycles. The third kappa shape index (κ3) is 2.47. The van der Waals surface area contributed by atoms with Crippen LogP contribution < -0.4 is 0 Å². The highest BCUT2D eigenvalue weighted by atomic mass is 16.6. The lowest BCUT2D eigenvalue weighted by Gasteiger charge is -2.37. The molecule has 0 saturated carbocycles. The zero-order valence-corrected chi connectivity index (χ0v) is 14.1. The maximum Gasteiger partial charge on any atom is 0.411 e. The van der Waals surface area contributed by atoms with Crippen LogP contribution in [-0.2, 0) is 4.74 Å². The molecule has 0 radical (unpaired) electrons. The third-order valence-electron chi connectivity index (χ3n) is 5.06. The van der Waals surface area contributed by atoms with Crippen LogP contribution in [0.2, 0.25) is 0 Å². The fourth-order valence-electron chi connectivity index (χ4n) is 3.82. The van der Waals surface area contributed by atoms with Crippen molar-refractivity contribution >= 4 is 6.09 Å². The predicted octanol–water partition coefficient (Wildman–Crippen LogP) is 3.53. The van der Waals surface area contributed by atoms with E-state index < -0.39 is 0 Å². The number of hydrogen-bond donors (Lipinski definition) is 0. The molecule has 1 aliphatic heterocycles. The molecule has 4 heteroatoms. The van der Waals surface area contributed by atoms with Gasteiger partial charge in [-0.05, 0) is 25.1 Å². The second kappa shape index (κ2) is 5.95. The van der Waals surface area contributed by atoms with Gasteiger partial charge < -0.3 is 14.5 Å². The fourth-order valence-corrected chi connectivity index (χ4v) is 3.82. The molecule has 124 valence electrons. The molecule has 4 nitrogen and oxygen atoms in total. The fraction of sp³-hybridized carbons (Fsp3) is 0.350. The Bertz CT molecular complexity index is 728. The third-order valence-corrected chi connectivity index (χ3v) is 5.06. The van der Waals surface area contributed by atoms with Crippen LogP contribution in [0.3, 0.4) is 0 Å². The van der Waals surface area contributed by atoms with E-state index in [4.69, 9.17) is 4.74 Å². The normalized spacial score (nSPS) is 20.6. The van der Waals surface area contributed by atoms with Gasteiger partial charge in [0.05, 0.1) is 0 Å². The number of carbonyl (C=O) groups excluding carboxylic acids is 1. The lowest BCUT2D eigenvalue weighted by atomic mass is 10.1. The minimum atomic E-state index is -0.309. The van der Waals surface area contributed by atoms with Crippen LogP contribution in [-0.4, -0.2) is 48.6 Å². The summed E-state index contributed by atoms with van der Waals surface area (Å²) >= 11 is 0. The van der Waals surface area contributed by atoms with Crippen LogP contribution in [0.25, 0.3) is 11.1 Å². The van der Waals surface area contributed by atoms with E-state index in [9.17, 15) is 4.79 Å². The maximum absolute atomic E-state index is 12.8. The van der Waals surface area contributed by atoms with E-state index in [1.54, 1.807) is 0 Å². The maximum atomic E-state index is 12.8. The minimum Gasteiger partial charge on any atom is -0.436 e. The number of piperazine rings is 1. The highest BCUT2D eigenvalue weighted by Gasteiger charge is 2.34. The summed E-state index contributed by atoms with van der Waals surface area (Å²) in [4.78, 5) is 16.9. The molecule has 2 aromatic carbocycles. The van der Waals surface area contributed by atoms with Gasteiger partial charge in [-0.2, -0.15) is 0 Å². The van der Waals surface area contributed by atoms with Gasteiger partial charge in [-0.25, -0.2) is 4.79 Å². The van der Waals surface area contributed by atoms with Crippen molar-refractivity contribution in [3.8, 4) is 11.1 Å². The number of carbonyl (C=O) groups is 1. The molecule has 1 aliphatic carbocycles. The quantitative estimate of drug-likeness (QED) is 0.805. The molecular weight excluding hydrogens is 300 g/mol. The number of rotatable bonds is 1. The SMILES string of the molecule is CC1CN(C)CCN1C(=O)OC1c2ccccc2-c2ccccc21.